The van der Waals surface area contributed by atoms with Crippen molar-refractivity contribution in [2.75, 3.05) is 5.32 Å². The van der Waals surface area contributed by atoms with Crippen LogP contribution in [0.25, 0.3) is 0 Å². The van der Waals surface area contributed by atoms with E-state index < -0.39 is 35.6 Å². The van der Waals surface area contributed by atoms with Gasteiger partial charge in [-0.2, -0.15) is 0 Å². The fourth-order valence-corrected chi connectivity index (χ4v) is 4.93. The molecule has 8 nitrogen and oxygen atoms in total. The van der Waals surface area contributed by atoms with Crippen LogP contribution in [0.3, 0.4) is 0 Å². The maximum Gasteiger partial charge on any atom is 0.408 e. The summed E-state index contributed by atoms with van der Waals surface area (Å²) in [4.78, 5) is 43.4. The molecule has 0 spiro atoms. The van der Waals surface area contributed by atoms with Crippen LogP contribution < -0.4 is 10.6 Å². The third-order valence-electron chi connectivity index (χ3n) is 7.53. The predicted molar refractivity (Wildman–Crippen MR) is 168 cm³/mol. The summed E-state index contributed by atoms with van der Waals surface area (Å²) < 4.78 is 5.51. The lowest BCUT2D eigenvalue weighted by Crippen LogP contribution is -2.57. The van der Waals surface area contributed by atoms with E-state index in [1.54, 1.807) is 43.9 Å². The SMILES string of the molecule is CCC(C)C(NC(=O)OC(C)(C)C)C(=O)N(C(C)CCC(C)C)C(C(=O)Nc1c(C)cccc1C)c1ccccc1O. The number of phenols is 1. The van der Waals surface area contributed by atoms with Crippen molar-refractivity contribution >= 4 is 23.6 Å². The van der Waals surface area contributed by atoms with Crippen LogP contribution in [0, 0.1) is 25.7 Å². The number of carbonyl (C=O) groups is 3. The number of rotatable bonds is 12. The van der Waals surface area contributed by atoms with Crippen molar-refractivity contribution in [2.24, 2.45) is 11.8 Å². The maximum absolute atomic E-state index is 14.6. The molecule has 0 aliphatic heterocycles. The Morgan fingerprint density at radius 3 is 2.05 bits per heavy atom. The maximum atomic E-state index is 14.6. The number of aryl methyl sites for hydroxylation is 2. The van der Waals surface area contributed by atoms with Crippen molar-refractivity contribution in [2.45, 2.75) is 112 Å². The summed E-state index contributed by atoms with van der Waals surface area (Å²) in [5.41, 5.74) is 1.99. The number of benzene rings is 2. The van der Waals surface area contributed by atoms with Gasteiger partial charge in [0.25, 0.3) is 5.91 Å². The second kappa shape index (κ2) is 15.1. The van der Waals surface area contributed by atoms with Gasteiger partial charge in [0.1, 0.15) is 23.4 Å². The molecule has 0 heterocycles. The number of nitrogens with one attached hydrogen (secondary N) is 2. The quantitative estimate of drug-likeness (QED) is 0.244. The number of hydrogen-bond donors (Lipinski definition) is 3. The first-order valence-electron chi connectivity index (χ1n) is 15.0. The Hall–Kier alpha value is -3.55. The van der Waals surface area contributed by atoms with Crippen molar-refractivity contribution in [1.82, 2.24) is 10.2 Å². The van der Waals surface area contributed by atoms with E-state index in [1.807, 2.05) is 52.8 Å². The molecule has 0 aliphatic carbocycles. The number of aromatic hydroxyl groups is 1. The zero-order valence-electron chi connectivity index (χ0n) is 27.1. The molecule has 4 unspecified atom stereocenters. The van der Waals surface area contributed by atoms with Crippen molar-refractivity contribution in [1.29, 1.82) is 0 Å². The van der Waals surface area contributed by atoms with E-state index in [0.717, 1.165) is 17.5 Å². The molecule has 0 aromatic heterocycles. The number of phenolic OH excluding ortho intramolecular Hbond substituents is 1. The highest BCUT2D eigenvalue weighted by atomic mass is 16.6. The average Bonchev–Trinajstić information content (AvgIpc) is 2.89. The van der Waals surface area contributed by atoms with Crippen molar-refractivity contribution in [3.05, 3.63) is 59.2 Å². The topological polar surface area (TPSA) is 108 Å². The molecule has 0 aliphatic rings. The van der Waals surface area contributed by atoms with E-state index in [2.05, 4.69) is 24.5 Å². The lowest BCUT2D eigenvalue weighted by molar-refractivity contribution is -0.144. The first-order valence-corrected chi connectivity index (χ1v) is 15.0. The van der Waals surface area contributed by atoms with E-state index in [1.165, 1.54) is 6.07 Å². The zero-order chi connectivity index (χ0) is 31.8. The number of carbonyl (C=O) groups excluding carboxylic acids is 3. The minimum absolute atomic E-state index is 0.0896. The van der Waals surface area contributed by atoms with Crippen LogP contribution in [0.5, 0.6) is 5.75 Å². The van der Waals surface area contributed by atoms with Gasteiger partial charge >= 0.3 is 6.09 Å². The van der Waals surface area contributed by atoms with Gasteiger partial charge in [-0.25, -0.2) is 4.79 Å². The molecule has 42 heavy (non-hydrogen) atoms. The summed E-state index contributed by atoms with van der Waals surface area (Å²) in [5.74, 6) is -0.818. The number of alkyl carbamates (subject to hydrolysis) is 1. The van der Waals surface area contributed by atoms with E-state index in [4.69, 9.17) is 4.74 Å². The molecular weight excluding hydrogens is 530 g/mol. The summed E-state index contributed by atoms with van der Waals surface area (Å²) in [6.07, 6.45) is 1.36. The summed E-state index contributed by atoms with van der Waals surface area (Å²) in [6.45, 7) is 19.1. The summed E-state index contributed by atoms with van der Waals surface area (Å²) in [5, 5.41) is 16.9. The predicted octanol–water partition coefficient (Wildman–Crippen LogP) is 7.28. The van der Waals surface area contributed by atoms with E-state index in [0.29, 0.717) is 30.0 Å². The average molecular weight is 582 g/mol. The number of para-hydroxylation sites is 2. The molecule has 4 atom stereocenters. The molecule has 3 amide bonds. The summed E-state index contributed by atoms with van der Waals surface area (Å²) >= 11 is 0. The molecular formula is C34H51N3O5. The highest BCUT2D eigenvalue weighted by Crippen LogP contribution is 2.34. The first kappa shape index (κ1) is 34.7. The highest BCUT2D eigenvalue weighted by Gasteiger charge is 2.41. The first-order chi connectivity index (χ1) is 19.6. The number of anilines is 1. The Bertz CT molecular complexity index is 1200. The fourth-order valence-electron chi connectivity index (χ4n) is 4.93. The molecule has 0 radical (unpaired) electrons. The molecule has 3 N–H and O–H groups in total. The summed E-state index contributed by atoms with van der Waals surface area (Å²) in [7, 11) is 0. The van der Waals surface area contributed by atoms with Gasteiger partial charge in [0.05, 0.1) is 0 Å². The second-order valence-electron chi connectivity index (χ2n) is 12.8. The van der Waals surface area contributed by atoms with Crippen LogP contribution in [0.2, 0.25) is 0 Å². The van der Waals surface area contributed by atoms with Crippen LogP contribution in [-0.4, -0.2) is 45.6 Å². The molecule has 0 fully saturated rings. The summed E-state index contributed by atoms with van der Waals surface area (Å²) in [6, 6.07) is 9.84. The van der Waals surface area contributed by atoms with Gasteiger partial charge in [0.15, 0.2) is 0 Å². The van der Waals surface area contributed by atoms with Gasteiger partial charge in [-0.15, -0.1) is 0 Å². The Morgan fingerprint density at radius 1 is 0.929 bits per heavy atom. The third kappa shape index (κ3) is 9.50. The molecule has 0 bridgehead atoms. The van der Waals surface area contributed by atoms with Gasteiger partial charge in [0, 0.05) is 17.3 Å². The smallest absolute Gasteiger partial charge is 0.408 e. The van der Waals surface area contributed by atoms with Crippen molar-refractivity contribution < 1.29 is 24.2 Å². The number of ether oxygens (including phenoxy) is 1. The van der Waals surface area contributed by atoms with Crippen LogP contribution >= 0.6 is 0 Å². The van der Waals surface area contributed by atoms with Gasteiger partial charge < -0.3 is 25.4 Å². The Morgan fingerprint density at radius 2 is 1.52 bits per heavy atom. The zero-order valence-corrected chi connectivity index (χ0v) is 27.1. The molecule has 0 saturated heterocycles. The highest BCUT2D eigenvalue weighted by molar-refractivity contribution is 6.00. The van der Waals surface area contributed by atoms with Crippen LogP contribution in [0.1, 0.15) is 97.4 Å². The Labute approximate surface area is 252 Å². The van der Waals surface area contributed by atoms with Crippen LogP contribution in [0.4, 0.5) is 10.5 Å². The van der Waals surface area contributed by atoms with Crippen molar-refractivity contribution in [3.8, 4) is 5.75 Å². The standard InChI is InChI=1S/C34H51N3O5/c1-11-22(4)29(36-33(41)42-34(8,9)10)32(40)37(25(7)20-19-21(2)3)30(26-17-12-13-18-27(26)38)31(39)35-28-23(5)15-14-16-24(28)6/h12-18,21-22,25,29-30,38H,11,19-20H2,1-10H3,(H,35,39)(H,36,41). The fraction of sp³-hybridized carbons (Fsp3) is 0.559. The molecule has 8 heteroatoms. The molecule has 232 valence electrons. The molecule has 0 saturated carbocycles. The molecule has 2 aromatic rings. The molecule has 2 rings (SSSR count). The number of hydrogen-bond acceptors (Lipinski definition) is 5. The minimum atomic E-state index is -1.16. The van der Waals surface area contributed by atoms with E-state index >= 15 is 0 Å². The van der Waals surface area contributed by atoms with Crippen molar-refractivity contribution in [3.63, 3.8) is 0 Å². The minimum Gasteiger partial charge on any atom is -0.508 e. The lowest BCUT2D eigenvalue weighted by Gasteiger charge is -2.40. The van der Waals surface area contributed by atoms with Crippen LogP contribution in [0.15, 0.2) is 42.5 Å². The largest absolute Gasteiger partial charge is 0.508 e. The number of amides is 3. The third-order valence-corrected chi connectivity index (χ3v) is 7.53. The van der Waals surface area contributed by atoms with Gasteiger partial charge in [-0.05, 0) is 83.4 Å². The number of nitrogens with zero attached hydrogens (tertiary/aromatic N) is 1. The van der Waals surface area contributed by atoms with E-state index in [9.17, 15) is 19.5 Å². The van der Waals surface area contributed by atoms with Gasteiger partial charge in [-0.3, -0.25) is 9.59 Å². The van der Waals surface area contributed by atoms with Gasteiger partial charge in [0.2, 0.25) is 5.91 Å². The van der Waals surface area contributed by atoms with Crippen LogP contribution in [-0.2, 0) is 14.3 Å². The molecule has 2 aromatic carbocycles. The second-order valence-corrected chi connectivity index (χ2v) is 12.8. The normalized spacial score (nSPS) is 14.5. The van der Waals surface area contributed by atoms with Gasteiger partial charge in [-0.1, -0.05) is 70.5 Å². The van der Waals surface area contributed by atoms with E-state index in [-0.39, 0.29) is 17.7 Å². The Balaban J connectivity index is 2.71. The monoisotopic (exact) mass is 581 g/mol. The Kier molecular flexibility index (Phi) is 12.4. The lowest BCUT2D eigenvalue weighted by atomic mass is 9.93.